The van der Waals surface area contributed by atoms with Crippen LogP contribution in [0.15, 0.2) is 12.1 Å². The minimum atomic E-state index is -0.743. The average molecular weight is 500 g/mol. The molecule has 0 saturated heterocycles. The fraction of sp³-hybridized carbons (Fsp3) is 0.759. The number of ketones is 1. The molecule has 5 nitrogen and oxygen atoms in total. The maximum absolute atomic E-state index is 14.1. The number of ether oxygens (including phenoxy) is 1. The quantitative estimate of drug-likeness (QED) is 0.492. The van der Waals surface area contributed by atoms with Crippen molar-refractivity contribution in [2.24, 2.45) is 46.3 Å². The van der Waals surface area contributed by atoms with Crippen molar-refractivity contribution in [2.45, 2.75) is 78.2 Å². The summed E-state index contributed by atoms with van der Waals surface area (Å²) in [6.45, 7) is 5.66. The highest BCUT2D eigenvalue weighted by molar-refractivity contribution is 5.82. The van der Waals surface area contributed by atoms with Gasteiger partial charge in [-0.1, -0.05) is 20.3 Å². The van der Waals surface area contributed by atoms with Gasteiger partial charge in [0.2, 0.25) is 0 Å². The third kappa shape index (κ3) is 3.66. The number of halogens is 2. The summed E-state index contributed by atoms with van der Waals surface area (Å²) in [7, 11) is 1.87. The lowest BCUT2D eigenvalue weighted by Crippen LogP contribution is -2.56. The molecule has 196 valence electrons. The number of methoxy groups -OCH3 is 1. The van der Waals surface area contributed by atoms with Gasteiger partial charge in [0.25, 0.3) is 0 Å². The fourth-order valence-electron chi connectivity index (χ4n) is 9.65. The Morgan fingerprint density at radius 3 is 2.72 bits per heavy atom. The summed E-state index contributed by atoms with van der Waals surface area (Å²) in [6.07, 6.45) is 10.8. The van der Waals surface area contributed by atoms with E-state index < -0.39 is 11.6 Å². The second-order valence-corrected chi connectivity index (χ2v) is 12.8. The van der Waals surface area contributed by atoms with Crippen molar-refractivity contribution in [3.05, 3.63) is 23.8 Å². The number of carbonyl (C=O) groups is 1. The topological polar surface area (TPSA) is 57.0 Å². The number of hydrogen-bond acceptors (Lipinski definition) is 4. The molecule has 1 aromatic heterocycles. The van der Waals surface area contributed by atoms with Crippen LogP contribution >= 0.6 is 0 Å². The lowest BCUT2D eigenvalue weighted by Gasteiger charge is -2.61. The molecule has 0 spiro atoms. The van der Waals surface area contributed by atoms with Crippen LogP contribution in [-0.2, 0) is 16.1 Å². The van der Waals surface area contributed by atoms with Gasteiger partial charge in [0.15, 0.2) is 11.6 Å². The molecular weight excluding hydrogens is 460 g/mol. The van der Waals surface area contributed by atoms with Crippen LogP contribution in [0.1, 0.15) is 71.6 Å². The van der Waals surface area contributed by atoms with E-state index in [1.807, 2.05) is 7.11 Å². The van der Waals surface area contributed by atoms with Crippen molar-refractivity contribution in [2.75, 3.05) is 13.7 Å². The minimum absolute atomic E-state index is 0.00869. The molecule has 1 aromatic carbocycles. The highest BCUT2D eigenvalue weighted by atomic mass is 19.1. The van der Waals surface area contributed by atoms with Crippen LogP contribution in [0.2, 0.25) is 0 Å². The summed E-state index contributed by atoms with van der Waals surface area (Å²) in [5.74, 6) is 2.20. The zero-order valence-corrected chi connectivity index (χ0v) is 21.8. The third-order valence-corrected chi connectivity index (χ3v) is 11.2. The van der Waals surface area contributed by atoms with E-state index in [0.717, 1.165) is 43.8 Å². The highest BCUT2D eigenvalue weighted by Crippen LogP contribution is 2.68. The Balaban J connectivity index is 1.22. The molecule has 4 saturated carbocycles. The molecule has 1 heterocycles. The van der Waals surface area contributed by atoms with Crippen molar-refractivity contribution >= 4 is 16.8 Å². The summed E-state index contributed by atoms with van der Waals surface area (Å²) >= 11 is 0. The summed E-state index contributed by atoms with van der Waals surface area (Å²) < 4.78 is 33.6. The maximum Gasteiger partial charge on any atom is 0.159 e. The first kappa shape index (κ1) is 24.4. The standard InChI is InChI=1S/C29H39F2N3O2/c1-17-8-11-29(16-36-3)18(12-17)4-5-20-21-6-7-23(28(21,2)10-9-22(20)29)26(35)15-34-32-25-14-19(30)13-24(31)27(25)33-34/h13-14,17-18,20-23H,4-12,15-16H2,1-3H3. The Morgan fingerprint density at radius 1 is 1.08 bits per heavy atom. The van der Waals surface area contributed by atoms with Crippen LogP contribution < -0.4 is 0 Å². The molecule has 4 aliphatic rings. The number of Topliss-reactive ketones (excluding diaryl/α,β-unsaturated/α-hetero) is 1. The predicted molar refractivity (Wildman–Crippen MR) is 133 cm³/mol. The number of rotatable bonds is 5. The lowest BCUT2D eigenvalue weighted by atomic mass is 9.44. The van der Waals surface area contributed by atoms with Gasteiger partial charge in [0, 0.05) is 25.2 Å². The molecule has 0 aliphatic heterocycles. The fourth-order valence-corrected chi connectivity index (χ4v) is 9.65. The van der Waals surface area contributed by atoms with Gasteiger partial charge in [-0.2, -0.15) is 9.90 Å². The Kier molecular flexibility index (Phi) is 6.01. The van der Waals surface area contributed by atoms with Crippen molar-refractivity contribution in [3.63, 3.8) is 0 Å². The summed E-state index contributed by atoms with van der Waals surface area (Å²) in [5.41, 5.74) is 0.470. The van der Waals surface area contributed by atoms with Gasteiger partial charge in [0.1, 0.15) is 23.4 Å². The second kappa shape index (κ2) is 8.85. The minimum Gasteiger partial charge on any atom is -0.384 e. The van der Waals surface area contributed by atoms with E-state index in [9.17, 15) is 13.6 Å². The van der Waals surface area contributed by atoms with Crippen LogP contribution in [0.3, 0.4) is 0 Å². The third-order valence-electron chi connectivity index (χ3n) is 11.2. The zero-order chi connectivity index (χ0) is 25.2. The van der Waals surface area contributed by atoms with E-state index in [1.54, 1.807) is 0 Å². The van der Waals surface area contributed by atoms with Gasteiger partial charge in [-0.3, -0.25) is 4.79 Å². The maximum atomic E-state index is 14.1. The zero-order valence-electron chi connectivity index (χ0n) is 21.8. The SMILES string of the molecule is COCC12CCC(C)CC1CCC1C3CCC(C(=O)Cn4nc5cc(F)cc(F)c5n4)C3(C)CCC12. The van der Waals surface area contributed by atoms with Gasteiger partial charge < -0.3 is 4.74 Å². The first-order valence-corrected chi connectivity index (χ1v) is 14.0. The van der Waals surface area contributed by atoms with E-state index in [1.165, 1.54) is 49.4 Å². The van der Waals surface area contributed by atoms with Crippen molar-refractivity contribution in [1.29, 1.82) is 0 Å². The van der Waals surface area contributed by atoms with Gasteiger partial charge in [-0.05, 0) is 91.8 Å². The normalized spacial score (nSPS) is 40.0. The summed E-state index contributed by atoms with van der Waals surface area (Å²) in [6, 6.07) is 1.97. The van der Waals surface area contributed by atoms with E-state index >= 15 is 0 Å². The molecule has 0 N–H and O–H groups in total. The Labute approximate surface area is 212 Å². The van der Waals surface area contributed by atoms with E-state index in [2.05, 4.69) is 24.0 Å². The Bertz CT molecular complexity index is 1170. The van der Waals surface area contributed by atoms with E-state index in [0.29, 0.717) is 23.2 Å². The monoisotopic (exact) mass is 499 g/mol. The molecule has 36 heavy (non-hydrogen) atoms. The van der Waals surface area contributed by atoms with Crippen LogP contribution in [0, 0.1) is 58.0 Å². The number of fused-ring (bicyclic) bond motifs is 6. The number of aromatic nitrogens is 3. The second-order valence-electron chi connectivity index (χ2n) is 12.8. The Hall–Kier alpha value is -1.89. The van der Waals surface area contributed by atoms with Crippen molar-refractivity contribution < 1.29 is 18.3 Å². The molecule has 4 aliphatic carbocycles. The lowest BCUT2D eigenvalue weighted by molar-refractivity contribution is -0.154. The molecule has 0 bridgehead atoms. The molecule has 0 radical (unpaired) electrons. The van der Waals surface area contributed by atoms with Crippen LogP contribution in [0.25, 0.3) is 11.0 Å². The molecule has 6 rings (SSSR count). The van der Waals surface area contributed by atoms with Gasteiger partial charge in [-0.15, -0.1) is 5.10 Å². The molecule has 0 amide bonds. The van der Waals surface area contributed by atoms with E-state index in [-0.39, 0.29) is 34.7 Å². The van der Waals surface area contributed by atoms with Crippen LogP contribution in [0.4, 0.5) is 8.78 Å². The Morgan fingerprint density at radius 2 is 1.92 bits per heavy atom. The molecule has 8 unspecified atom stereocenters. The van der Waals surface area contributed by atoms with Gasteiger partial charge in [0.05, 0.1) is 6.61 Å². The number of hydrogen-bond donors (Lipinski definition) is 0. The first-order valence-electron chi connectivity index (χ1n) is 14.0. The molecule has 4 fully saturated rings. The van der Waals surface area contributed by atoms with Crippen LogP contribution in [0.5, 0.6) is 0 Å². The largest absolute Gasteiger partial charge is 0.384 e. The van der Waals surface area contributed by atoms with Crippen molar-refractivity contribution in [1.82, 2.24) is 15.0 Å². The van der Waals surface area contributed by atoms with Gasteiger partial charge in [-0.25, -0.2) is 8.78 Å². The number of nitrogens with zero attached hydrogens (tertiary/aromatic N) is 3. The highest BCUT2D eigenvalue weighted by Gasteiger charge is 2.62. The molecule has 2 aromatic rings. The summed E-state index contributed by atoms with van der Waals surface area (Å²) in [4.78, 5) is 14.9. The average Bonchev–Trinajstić information content (AvgIpc) is 3.39. The smallest absolute Gasteiger partial charge is 0.159 e. The van der Waals surface area contributed by atoms with Crippen molar-refractivity contribution in [3.8, 4) is 0 Å². The first-order chi connectivity index (χ1) is 17.2. The molecule has 8 atom stereocenters. The van der Waals surface area contributed by atoms with Crippen LogP contribution in [-0.4, -0.2) is 34.5 Å². The van der Waals surface area contributed by atoms with Gasteiger partial charge >= 0.3 is 0 Å². The molecular formula is C29H39F2N3O2. The molecule has 7 heteroatoms. The summed E-state index contributed by atoms with van der Waals surface area (Å²) in [5, 5.41) is 8.38. The predicted octanol–water partition coefficient (Wildman–Crippen LogP) is 6.20. The van der Waals surface area contributed by atoms with E-state index in [4.69, 9.17) is 4.74 Å². The number of carbonyl (C=O) groups excluding carboxylic acids is 1. The number of benzene rings is 1.